The summed E-state index contributed by atoms with van der Waals surface area (Å²) in [5, 5.41) is 62.6. The summed E-state index contributed by atoms with van der Waals surface area (Å²) < 4.78 is 0.271. The summed E-state index contributed by atoms with van der Waals surface area (Å²) in [5.74, 6) is 0.186. The Balaban J connectivity index is 0.000000128. The molecule has 12 N–H and O–H groups in total. The number of aliphatic hydroxyl groups is 3. The molecule has 0 unspecified atom stereocenters. The Bertz CT molecular complexity index is 4480. The van der Waals surface area contributed by atoms with Gasteiger partial charge >= 0.3 is 9.15 Å². The van der Waals surface area contributed by atoms with Gasteiger partial charge in [0.05, 0.1) is 16.8 Å². The summed E-state index contributed by atoms with van der Waals surface area (Å²) in [6, 6.07) is 23.4. The molecule has 590 valence electrons. The average Bonchev–Trinajstić information content (AvgIpc) is 0.696. The molecule has 3 aromatic heterocycles. The van der Waals surface area contributed by atoms with Crippen LogP contribution in [0.3, 0.4) is 0 Å². The lowest BCUT2D eigenvalue weighted by Gasteiger charge is -2.63. The molecular weight excluding hydrogens is 1590 g/mol. The van der Waals surface area contributed by atoms with E-state index >= 15 is 0 Å². The first-order valence-corrected chi connectivity index (χ1v) is 43.2. The predicted molar refractivity (Wildman–Crippen MR) is 441 cm³/mol. The highest BCUT2D eigenvalue weighted by Gasteiger charge is 2.67. The Kier molecular flexibility index (Phi) is 23.7. The Labute approximate surface area is 670 Å². The summed E-state index contributed by atoms with van der Waals surface area (Å²) in [5.41, 5.74) is 14.2. The molecule has 6 bridgehead atoms. The van der Waals surface area contributed by atoms with Crippen LogP contribution in [-0.2, 0) is 74.0 Å². The number of nitrogens with one attached hydrogen (secondary N) is 5. The standard InChI is InChI=1S/C29H37N3O3.C28H35N3O4.C22H24N2O4.C7H15N.BBr3/c1-18-8-9-20-14-25-29(35)15-21-13-22(26(33)30-17-19-6-4-3-5-7-19)27(34)31-24(21)16-28(29,23(20)12-18)10-11-32(25)2;1-31-10-9-27-15-23-19(14-28(27,35)24(31)12-18-7-8-20(32)13-22(18)27)11-21(26(34)30-23)25(33)29-16-17-5-3-2-4-6-17;1-12-3-4-13-9-18-22(28)10-14-8-15(20(26)27)19(25)23-17(14)11-21(22,16(13)7-12)5-6-24(18)2;8-6-7-4-2-1-3-5-7;2-1(3)4/h8-9,12-13,19,25,35H,3-7,10-11,14-17H2,1-2H3,(H,30,33)(H,31,34);7-8,11,13,17,24,32,35H,2-6,9-10,12,14-16H2,1H3,(H,29,33)(H,30,34);3-4,7-8,18,28H,5-6,9-11H2,1-2H3,(H,23,25)(H,26,27);7H,1-6,8H2;/t25-,28-,29-;24-,27-,28-;18-,21-,22-;;/m111../s1. The maximum atomic E-state index is 13.1. The number of likely N-dealkylation sites (tertiary alicyclic amines) is 3. The first kappa shape index (κ1) is 80.5. The lowest BCUT2D eigenvalue weighted by Crippen LogP contribution is -2.73. The van der Waals surface area contributed by atoms with Gasteiger partial charge in [-0.3, -0.25) is 24.0 Å². The number of carboxylic acid groups (broad SMARTS) is 1. The van der Waals surface area contributed by atoms with Crippen LogP contribution in [0.4, 0.5) is 0 Å². The van der Waals surface area contributed by atoms with Crippen LogP contribution in [0.1, 0.15) is 225 Å². The highest BCUT2D eigenvalue weighted by molar-refractivity contribution is 9.69. The van der Waals surface area contributed by atoms with Gasteiger partial charge in [0.1, 0.15) is 22.4 Å². The van der Waals surface area contributed by atoms with E-state index in [9.17, 15) is 54.3 Å². The first-order valence-electron chi connectivity index (χ1n) is 40.5. The number of aromatic amines is 3. The Hall–Kier alpha value is -6.06. The molecule has 3 saturated heterocycles. The number of hydrogen-bond acceptors (Lipinski definition) is 14. The molecule has 6 heterocycles. The zero-order valence-corrected chi connectivity index (χ0v) is 69.3. The number of aryl methyl sites for hydroxylation is 2. The van der Waals surface area contributed by atoms with Crippen molar-refractivity contribution in [3.8, 4) is 5.75 Å². The lowest BCUT2D eigenvalue weighted by atomic mass is 9.49. The second kappa shape index (κ2) is 32.3. The fourth-order valence-corrected chi connectivity index (χ4v) is 22.6. The van der Waals surface area contributed by atoms with Gasteiger partial charge in [-0.05, 0) is 236 Å². The molecule has 0 spiro atoms. The monoisotopic (exact) mass is 1690 g/mol. The predicted octanol–water partition coefficient (Wildman–Crippen LogP) is 10.5. The van der Waals surface area contributed by atoms with E-state index in [0.29, 0.717) is 69.9 Å². The molecule has 2 amide bonds. The molecule has 18 rings (SSSR count). The molecule has 9 atom stereocenters. The van der Waals surface area contributed by atoms with Crippen molar-refractivity contribution in [1.82, 2.24) is 40.3 Å². The minimum atomic E-state index is -1.24. The number of aromatic nitrogens is 3. The van der Waals surface area contributed by atoms with Crippen molar-refractivity contribution in [3.63, 3.8) is 0 Å². The summed E-state index contributed by atoms with van der Waals surface area (Å²) in [7, 11) is 6.22. The topological polar surface area (TPSA) is 311 Å². The molecule has 3 aliphatic heterocycles. The van der Waals surface area contributed by atoms with Crippen LogP contribution in [0.5, 0.6) is 5.75 Å². The quantitative estimate of drug-likeness (QED) is 0.0632. The number of piperidine rings is 3. The Morgan fingerprint density at radius 2 is 0.791 bits per heavy atom. The van der Waals surface area contributed by atoms with Crippen LogP contribution in [0.2, 0.25) is 0 Å². The fourth-order valence-electron chi connectivity index (χ4n) is 22.6. The number of nitrogens with two attached hydrogens (primary N) is 1. The highest BCUT2D eigenvalue weighted by Crippen LogP contribution is 2.60. The van der Waals surface area contributed by atoms with Gasteiger partial charge in [0.2, 0.25) is 0 Å². The van der Waals surface area contributed by atoms with Crippen LogP contribution >= 0.6 is 47.3 Å². The number of hydrogen-bond donors (Lipinski definition) is 11. The van der Waals surface area contributed by atoms with Crippen molar-refractivity contribution in [2.24, 2.45) is 23.5 Å². The summed E-state index contributed by atoms with van der Waals surface area (Å²) in [4.78, 5) is 91.5. The van der Waals surface area contributed by atoms with E-state index in [2.05, 4.69) is 159 Å². The first-order chi connectivity index (χ1) is 52.5. The van der Waals surface area contributed by atoms with Gasteiger partial charge in [-0.1, -0.05) is 111 Å². The maximum absolute atomic E-state index is 13.1. The molecular formula is C86H111BBr3N9O11. The van der Waals surface area contributed by atoms with Crippen molar-refractivity contribution in [1.29, 1.82) is 0 Å². The number of phenolic OH excluding ortho intramolecular Hbond substituents is 1. The number of carbonyl (C=O) groups excluding carboxylic acids is 2. The van der Waals surface area contributed by atoms with E-state index in [-0.39, 0.29) is 66.7 Å². The van der Waals surface area contributed by atoms with Crippen LogP contribution in [0.25, 0.3) is 0 Å². The van der Waals surface area contributed by atoms with E-state index < -0.39 is 44.6 Å². The highest BCUT2D eigenvalue weighted by atomic mass is 79.9. The minimum Gasteiger partial charge on any atom is -0.508 e. The fraction of sp³-hybridized carbons (Fsp3) is 0.581. The number of amides is 2. The summed E-state index contributed by atoms with van der Waals surface area (Å²) in [6.45, 7) is 8.96. The molecule has 9 aliphatic carbocycles. The number of nitrogens with zero attached hydrogens (tertiary/aromatic N) is 3. The number of carboxylic acids is 1. The van der Waals surface area contributed by atoms with E-state index in [1.54, 1.807) is 24.3 Å². The van der Waals surface area contributed by atoms with Gasteiger partial charge in [-0.15, -0.1) is 47.3 Å². The van der Waals surface area contributed by atoms with Crippen LogP contribution < -0.4 is 33.0 Å². The molecule has 0 radical (unpaired) electrons. The number of aromatic hydroxyl groups is 1. The van der Waals surface area contributed by atoms with Crippen molar-refractivity contribution >= 4 is 68.2 Å². The second-order valence-corrected chi connectivity index (χ2v) is 41.3. The van der Waals surface area contributed by atoms with Crippen LogP contribution in [0, 0.1) is 31.6 Å². The molecule has 6 aromatic rings. The third-order valence-corrected chi connectivity index (χ3v) is 28.6. The lowest BCUT2D eigenvalue weighted by molar-refractivity contribution is -0.145. The van der Waals surface area contributed by atoms with E-state index in [4.69, 9.17) is 5.73 Å². The number of H-pyrrole nitrogens is 3. The largest absolute Gasteiger partial charge is 0.508 e. The van der Waals surface area contributed by atoms with E-state index in [1.807, 2.05) is 6.07 Å². The third-order valence-electron chi connectivity index (χ3n) is 28.6. The number of halogens is 3. The second-order valence-electron chi connectivity index (χ2n) is 34.9. The maximum Gasteiger partial charge on any atom is 0.369 e. The molecule has 12 aliphatic rings. The Morgan fingerprint density at radius 1 is 0.473 bits per heavy atom. The van der Waals surface area contributed by atoms with Gasteiger partial charge in [-0.25, -0.2) is 4.79 Å². The summed E-state index contributed by atoms with van der Waals surface area (Å²) >= 11 is 9.31. The number of pyridine rings is 3. The summed E-state index contributed by atoms with van der Waals surface area (Å²) in [6.07, 6.45) is 26.4. The van der Waals surface area contributed by atoms with Crippen LogP contribution in [0.15, 0.2) is 87.2 Å². The number of fused-ring (bicyclic) bond motifs is 6. The SMILES string of the molecule is BrB(Br)Br.CN1CC[C@]23Cc4[nH]c(=O)c(C(=O)NCC5CCCCC5)cc4C[C@@]2(O)[C@H]1Cc1ccc(O)cc13.Cc1ccc2c(c1)[C@]13CCN(C)[C@H](C2)[C@]1(O)Cc1cc(C(=O)NCC2CCCCC2)c(=O)[nH]c1C3.Cc1ccc2c(c1)[C@]13CCN(C)[C@H](C2)[C@]1(O)Cc1cc(C(=O)O)c(=O)[nH]c1C3.NCC1CCCCC1. The molecule has 6 fully saturated rings. The van der Waals surface area contributed by atoms with Crippen molar-refractivity contribution in [3.05, 3.63) is 199 Å². The zero-order valence-electron chi connectivity index (χ0n) is 64.5. The number of rotatable bonds is 8. The molecule has 3 aromatic carbocycles. The van der Waals surface area contributed by atoms with Gasteiger partial charge in [0.15, 0.2) is 0 Å². The van der Waals surface area contributed by atoms with Gasteiger partial charge in [0.25, 0.3) is 28.5 Å². The number of benzene rings is 3. The van der Waals surface area contributed by atoms with Crippen molar-refractivity contribution in [2.45, 2.75) is 238 Å². The van der Waals surface area contributed by atoms with Crippen molar-refractivity contribution in [2.75, 3.05) is 60.4 Å². The molecule has 110 heavy (non-hydrogen) atoms. The molecule has 20 nitrogen and oxygen atoms in total. The minimum absolute atomic E-state index is 0.00936. The smallest absolute Gasteiger partial charge is 0.369 e. The van der Waals surface area contributed by atoms with E-state index in [1.165, 1.54) is 105 Å². The Morgan fingerprint density at radius 3 is 1.13 bits per heavy atom. The van der Waals surface area contributed by atoms with Gasteiger partial charge in [-0.2, -0.15) is 0 Å². The number of likely N-dealkylation sites (N-methyl/N-ethyl adjacent to an activating group) is 3. The normalized spacial score (nSPS) is 29.0. The molecule has 3 saturated carbocycles. The van der Waals surface area contributed by atoms with Crippen molar-refractivity contribution < 1.29 is 39.9 Å². The average molecular weight is 1700 g/mol. The van der Waals surface area contributed by atoms with Gasteiger partial charge in [0, 0.05) is 103 Å². The molecule has 24 heteroatoms. The number of phenols is 1. The third kappa shape index (κ3) is 14.9. The van der Waals surface area contributed by atoms with Gasteiger partial charge < -0.3 is 71.6 Å². The number of aromatic carboxylic acids is 1. The van der Waals surface area contributed by atoms with Crippen LogP contribution in [-0.4, -0.2) is 171 Å². The zero-order chi connectivity index (χ0) is 78.0. The van der Waals surface area contributed by atoms with E-state index in [0.717, 1.165) is 140 Å². The number of carbonyl (C=O) groups is 3.